The number of fused-ring (bicyclic) bond motifs is 1. The minimum absolute atomic E-state index is 0.228. The van der Waals surface area contributed by atoms with Gasteiger partial charge in [-0.05, 0) is 29.8 Å². The molecular weight excluding hydrogens is 241 g/mol. The first kappa shape index (κ1) is 10.3. The Bertz CT molecular complexity index is 585. The van der Waals surface area contributed by atoms with E-state index in [1.807, 2.05) is 0 Å². The predicted octanol–water partition coefficient (Wildman–Crippen LogP) is 2.01. The van der Waals surface area contributed by atoms with Crippen LogP contribution in [-0.4, -0.2) is 9.81 Å². The Morgan fingerprint density at radius 3 is 2.87 bits per heavy atom. The van der Waals surface area contributed by atoms with Crippen molar-refractivity contribution in [2.45, 2.75) is 6.54 Å². The molecule has 2 rings (SSSR count). The maximum absolute atomic E-state index is 11.3. The first-order valence-electron chi connectivity index (χ1n) is 4.05. The number of carbonyl (C=O) groups is 1. The maximum Gasteiger partial charge on any atom is 0.420 e. The Kier molecular flexibility index (Phi) is 2.54. The van der Waals surface area contributed by atoms with Crippen LogP contribution >= 0.6 is 23.2 Å². The zero-order chi connectivity index (χ0) is 11.0. The van der Waals surface area contributed by atoms with Crippen molar-refractivity contribution in [3.8, 4) is 0 Å². The summed E-state index contributed by atoms with van der Waals surface area (Å²) in [6.07, 6.45) is 0. The predicted molar refractivity (Wildman–Crippen MR) is 56.3 cm³/mol. The molecule has 0 saturated carbocycles. The van der Waals surface area contributed by atoms with Gasteiger partial charge in [0, 0.05) is 5.02 Å². The summed E-state index contributed by atoms with van der Waals surface area (Å²) in [5, 5.41) is -0.182. The van der Waals surface area contributed by atoms with Gasteiger partial charge in [-0.15, -0.1) is 0 Å². The molecule has 0 aliphatic heterocycles. The third kappa shape index (κ3) is 1.91. The number of aromatic nitrogens is 1. The highest BCUT2D eigenvalue weighted by Gasteiger charge is 2.11. The lowest BCUT2D eigenvalue weighted by atomic mass is 10.3. The van der Waals surface area contributed by atoms with Gasteiger partial charge in [0.1, 0.15) is 6.54 Å². The van der Waals surface area contributed by atoms with Gasteiger partial charge in [-0.2, -0.15) is 0 Å². The van der Waals surface area contributed by atoms with Gasteiger partial charge < -0.3 is 4.42 Å². The Hall–Kier alpha value is -1.26. The van der Waals surface area contributed by atoms with Gasteiger partial charge in [0.15, 0.2) is 5.58 Å². The average molecular weight is 246 g/mol. The van der Waals surface area contributed by atoms with Crippen molar-refractivity contribution in [2.24, 2.45) is 0 Å². The van der Waals surface area contributed by atoms with Crippen molar-refractivity contribution >= 4 is 39.5 Å². The Morgan fingerprint density at radius 2 is 2.20 bits per heavy atom. The zero-order valence-electron chi connectivity index (χ0n) is 7.37. The molecule has 2 aromatic rings. The molecule has 0 aliphatic rings. The van der Waals surface area contributed by atoms with Crippen molar-refractivity contribution in [1.82, 2.24) is 4.57 Å². The number of hydrogen-bond donors (Lipinski definition) is 0. The van der Waals surface area contributed by atoms with Gasteiger partial charge in [0.05, 0.1) is 5.52 Å². The van der Waals surface area contributed by atoms with E-state index in [0.29, 0.717) is 16.1 Å². The standard InChI is InChI=1S/C9H5Cl2NO3/c10-5-1-2-7-6(3-5)12(4-8(11)13)9(14)15-7/h1-3H,4H2. The van der Waals surface area contributed by atoms with Crippen LogP contribution < -0.4 is 5.76 Å². The Labute approximate surface area is 94.0 Å². The number of carbonyl (C=O) groups excluding carboxylic acids is 1. The van der Waals surface area contributed by atoms with Crippen molar-refractivity contribution in [1.29, 1.82) is 0 Å². The minimum atomic E-state index is -0.639. The fraction of sp³-hybridized carbons (Fsp3) is 0.111. The summed E-state index contributed by atoms with van der Waals surface area (Å²) < 4.78 is 6.03. The molecule has 0 radical (unpaired) electrons. The molecule has 0 atom stereocenters. The number of halogens is 2. The summed E-state index contributed by atoms with van der Waals surface area (Å²) in [4.78, 5) is 22.1. The van der Waals surface area contributed by atoms with Crippen molar-refractivity contribution in [3.63, 3.8) is 0 Å². The molecule has 0 spiro atoms. The summed E-state index contributed by atoms with van der Waals surface area (Å²) in [5.74, 6) is -0.624. The topological polar surface area (TPSA) is 52.2 Å². The molecule has 0 unspecified atom stereocenters. The van der Waals surface area contributed by atoms with Gasteiger partial charge in [0.25, 0.3) is 0 Å². The molecule has 1 aromatic carbocycles. The fourth-order valence-electron chi connectivity index (χ4n) is 1.31. The smallest absolute Gasteiger partial charge is 0.408 e. The molecule has 15 heavy (non-hydrogen) atoms. The van der Waals surface area contributed by atoms with Crippen molar-refractivity contribution < 1.29 is 9.21 Å². The van der Waals surface area contributed by atoms with E-state index < -0.39 is 11.0 Å². The first-order chi connectivity index (χ1) is 7.08. The largest absolute Gasteiger partial charge is 0.420 e. The van der Waals surface area contributed by atoms with Crippen LogP contribution in [0.15, 0.2) is 27.4 Å². The highest BCUT2D eigenvalue weighted by atomic mass is 35.5. The SMILES string of the molecule is O=C(Cl)Cn1c(=O)oc2ccc(Cl)cc21. The maximum atomic E-state index is 11.3. The second kappa shape index (κ2) is 3.72. The van der Waals surface area contributed by atoms with Crippen LogP contribution in [0.3, 0.4) is 0 Å². The highest BCUT2D eigenvalue weighted by Crippen LogP contribution is 2.18. The van der Waals surface area contributed by atoms with E-state index in [4.69, 9.17) is 27.6 Å². The van der Waals surface area contributed by atoms with Crippen molar-refractivity contribution in [2.75, 3.05) is 0 Å². The average Bonchev–Trinajstić information content (AvgIpc) is 2.43. The molecule has 0 aliphatic carbocycles. The normalized spacial score (nSPS) is 10.8. The number of oxazole rings is 1. The number of nitrogens with zero attached hydrogens (tertiary/aromatic N) is 1. The molecule has 0 fully saturated rings. The summed E-state index contributed by atoms with van der Waals surface area (Å²) in [6, 6.07) is 4.70. The van der Waals surface area contributed by atoms with E-state index in [2.05, 4.69) is 0 Å². The van der Waals surface area contributed by atoms with Crippen LogP contribution in [0.2, 0.25) is 5.02 Å². The van der Waals surface area contributed by atoms with Crippen LogP contribution in [0.25, 0.3) is 11.1 Å². The summed E-state index contributed by atoms with van der Waals surface area (Å²) in [7, 11) is 0. The quantitative estimate of drug-likeness (QED) is 0.761. The second-order valence-corrected chi connectivity index (χ2v) is 3.78. The molecular formula is C9H5Cl2NO3. The summed E-state index contributed by atoms with van der Waals surface area (Å²) in [5.41, 5.74) is 0.837. The Morgan fingerprint density at radius 1 is 1.47 bits per heavy atom. The zero-order valence-corrected chi connectivity index (χ0v) is 8.88. The van der Waals surface area contributed by atoms with E-state index in [0.717, 1.165) is 4.57 Å². The summed E-state index contributed by atoms with van der Waals surface area (Å²) in [6.45, 7) is -0.228. The molecule has 4 nitrogen and oxygen atoms in total. The lowest BCUT2D eigenvalue weighted by Gasteiger charge is -1.96. The van der Waals surface area contributed by atoms with Gasteiger partial charge >= 0.3 is 5.76 Å². The number of rotatable bonds is 2. The van der Waals surface area contributed by atoms with Crippen LogP contribution in [0.5, 0.6) is 0 Å². The van der Waals surface area contributed by atoms with E-state index in [1.165, 1.54) is 0 Å². The lowest BCUT2D eigenvalue weighted by molar-refractivity contribution is -0.112. The van der Waals surface area contributed by atoms with Crippen LogP contribution in [-0.2, 0) is 11.3 Å². The lowest BCUT2D eigenvalue weighted by Crippen LogP contribution is -2.17. The molecule has 0 bridgehead atoms. The van der Waals surface area contributed by atoms with Gasteiger partial charge in [-0.25, -0.2) is 4.79 Å². The minimum Gasteiger partial charge on any atom is -0.408 e. The molecule has 1 heterocycles. The molecule has 0 N–H and O–H groups in total. The number of hydrogen-bond acceptors (Lipinski definition) is 3. The van der Waals surface area contributed by atoms with Crippen LogP contribution in [0.1, 0.15) is 0 Å². The van der Waals surface area contributed by atoms with Gasteiger partial charge in [-0.3, -0.25) is 9.36 Å². The third-order valence-corrected chi connectivity index (χ3v) is 2.27. The highest BCUT2D eigenvalue weighted by molar-refractivity contribution is 6.63. The van der Waals surface area contributed by atoms with E-state index in [-0.39, 0.29) is 6.54 Å². The first-order valence-corrected chi connectivity index (χ1v) is 4.81. The van der Waals surface area contributed by atoms with Gasteiger partial charge in [0.2, 0.25) is 5.24 Å². The van der Waals surface area contributed by atoms with Crippen LogP contribution in [0.4, 0.5) is 0 Å². The summed E-state index contributed by atoms with van der Waals surface area (Å²) >= 11 is 11.0. The van der Waals surface area contributed by atoms with Crippen molar-refractivity contribution in [3.05, 3.63) is 33.8 Å². The third-order valence-electron chi connectivity index (χ3n) is 1.91. The molecule has 0 amide bonds. The van der Waals surface area contributed by atoms with Gasteiger partial charge in [-0.1, -0.05) is 11.6 Å². The van der Waals surface area contributed by atoms with E-state index >= 15 is 0 Å². The second-order valence-electron chi connectivity index (χ2n) is 2.92. The van der Waals surface area contributed by atoms with Crippen LogP contribution in [0, 0.1) is 0 Å². The Balaban J connectivity index is 2.70. The fourth-order valence-corrected chi connectivity index (χ4v) is 1.60. The molecule has 0 saturated heterocycles. The molecule has 78 valence electrons. The molecule has 6 heteroatoms. The monoisotopic (exact) mass is 245 g/mol. The number of benzene rings is 1. The van der Waals surface area contributed by atoms with E-state index in [9.17, 15) is 9.59 Å². The van der Waals surface area contributed by atoms with E-state index in [1.54, 1.807) is 18.2 Å². The molecule has 1 aromatic heterocycles.